The van der Waals surface area contributed by atoms with Crippen molar-refractivity contribution in [2.75, 3.05) is 39.8 Å². The molecule has 4 rings (SSSR count). The number of carbonyl (C=O) groups excluding carboxylic acids is 3. The predicted octanol–water partition coefficient (Wildman–Crippen LogP) is 2.63. The highest BCUT2D eigenvalue weighted by molar-refractivity contribution is 6.08. The SMILES string of the molecule is Cc1ccccc1CN1CCCN(C(=O)CN2C(=O)N(C)C3(CCCCC3)C2=O)CC1. The van der Waals surface area contributed by atoms with Gasteiger partial charge in [0.25, 0.3) is 5.91 Å². The van der Waals surface area contributed by atoms with Crippen molar-refractivity contribution in [2.45, 2.75) is 57.5 Å². The van der Waals surface area contributed by atoms with E-state index >= 15 is 0 Å². The molecular formula is C24H34N4O3. The molecule has 2 aliphatic heterocycles. The van der Waals surface area contributed by atoms with E-state index in [2.05, 4.69) is 36.1 Å². The number of benzene rings is 1. The zero-order valence-electron chi connectivity index (χ0n) is 18.8. The van der Waals surface area contributed by atoms with E-state index in [-0.39, 0.29) is 24.4 Å². The Bertz CT molecular complexity index is 849. The van der Waals surface area contributed by atoms with Crippen LogP contribution in [0, 0.1) is 6.92 Å². The van der Waals surface area contributed by atoms with Crippen molar-refractivity contribution in [3.05, 3.63) is 35.4 Å². The van der Waals surface area contributed by atoms with Crippen LogP contribution in [-0.2, 0) is 16.1 Å². The van der Waals surface area contributed by atoms with Crippen LogP contribution in [0.1, 0.15) is 49.7 Å². The van der Waals surface area contributed by atoms with Gasteiger partial charge in [-0.25, -0.2) is 4.79 Å². The van der Waals surface area contributed by atoms with Crippen LogP contribution in [0.5, 0.6) is 0 Å². The first-order valence-corrected chi connectivity index (χ1v) is 11.6. The van der Waals surface area contributed by atoms with Gasteiger partial charge in [0.2, 0.25) is 5.91 Å². The summed E-state index contributed by atoms with van der Waals surface area (Å²) in [6.07, 6.45) is 5.31. The molecule has 1 saturated carbocycles. The molecule has 0 atom stereocenters. The lowest BCUT2D eigenvalue weighted by Gasteiger charge is -2.35. The van der Waals surface area contributed by atoms with Crippen molar-refractivity contribution in [1.82, 2.24) is 19.6 Å². The van der Waals surface area contributed by atoms with Crippen LogP contribution in [0.25, 0.3) is 0 Å². The van der Waals surface area contributed by atoms with E-state index in [1.807, 2.05) is 4.90 Å². The van der Waals surface area contributed by atoms with Gasteiger partial charge in [0, 0.05) is 39.8 Å². The first-order chi connectivity index (χ1) is 14.9. The number of likely N-dealkylation sites (N-methyl/N-ethyl adjacent to an activating group) is 1. The highest BCUT2D eigenvalue weighted by Gasteiger charge is 2.56. The number of nitrogens with zero attached hydrogens (tertiary/aromatic N) is 4. The number of urea groups is 1. The smallest absolute Gasteiger partial charge is 0.327 e. The molecule has 2 saturated heterocycles. The Balaban J connectivity index is 1.36. The fourth-order valence-electron chi connectivity index (χ4n) is 5.31. The number of imide groups is 1. The molecule has 7 heteroatoms. The molecule has 7 nitrogen and oxygen atoms in total. The van der Waals surface area contributed by atoms with Gasteiger partial charge < -0.3 is 9.80 Å². The molecule has 2 heterocycles. The van der Waals surface area contributed by atoms with E-state index in [1.54, 1.807) is 11.9 Å². The Kier molecular flexibility index (Phi) is 6.32. The molecule has 3 aliphatic rings. The van der Waals surface area contributed by atoms with Gasteiger partial charge in [-0.3, -0.25) is 19.4 Å². The zero-order chi connectivity index (χ0) is 22.0. The van der Waals surface area contributed by atoms with Gasteiger partial charge in [-0.05, 0) is 37.3 Å². The second-order valence-electron chi connectivity index (χ2n) is 9.26. The molecular weight excluding hydrogens is 392 g/mol. The van der Waals surface area contributed by atoms with E-state index in [4.69, 9.17) is 0 Å². The maximum absolute atomic E-state index is 13.2. The Morgan fingerprint density at radius 1 is 0.968 bits per heavy atom. The quantitative estimate of drug-likeness (QED) is 0.695. The monoisotopic (exact) mass is 426 g/mol. The lowest BCUT2D eigenvalue weighted by atomic mass is 9.81. The summed E-state index contributed by atoms with van der Waals surface area (Å²) in [4.78, 5) is 46.0. The molecule has 168 valence electrons. The predicted molar refractivity (Wildman–Crippen MR) is 118 cm³/mol. The summed E-state index contributed by atoms with van der Waals surface area (Å²) in [6, 6.07) is 8.08. The maximum atomic E-state index is 13.2. The van der Waals surface area contributed by atoms with Crippen molar-refractivity contribution in [3.8, 4) is 0 Å². The van der Waals surface area contributed by atoms with Gasteiger partial charge in [-0.15, -0.1) is 0 Å². The molecule has 1 spiro atoms. The lowest BCUT2D eigenvalue weighted by molar-refractivity contribution is -0.140. The van der Waals surface area contributed by atoms with Gasteiger partial charge in [0.05, 0.1) is 0 Å². The number of amides is 4. The molecule has 3 fully saturated rings. The molecule has 0 aromatic heterocycles. The van der Waals surface area contributed by atoms with E-state index in [0.717, 1.165) is 45.3 Å². The fourth-order valence-corrected chi connectivity index (χ4v) is 5.31. The number of rotatable bonds is 4. The number of hydrogen-bond donors (Lipinski definition) is 0. The molecule has 0 unspecified atom stereocenters. The molecule has 1 aliphatic carbocycles. The van der Waals surface area contributed by atoms with Crippen LogP contribution < -0.4 is 0 Å². The van der Waals surface area contributed by atoms with E-state index in [1.165, 1.54) is 16.0 Å². The second kappa shape index (κ2) is 8.99. The third kappa shape index (κ3) is 4.20. The third-order valence-corrected chi connectivity index (χ3v) is 7.37. The van der Waals surface area contributed by atoms with Crippen LogP contribution in [0.4, 0.5) is 4.79 Å². The Morgan fingerprint density at radius 2 is 1.71 bits per heavy atom. The van der Waals surface area contributed by atoms with Crippen molar-refractivity contribution < 1.29 is 14.4 Å². The summed E-state index contributed by atoms with van der Waals surface area (Å²) in [6.45, 7) is 5.90. The number of hydrogen-bond acceptors (Lipinski definition) is 4. The minimum absolute atomic E-state index is 0.124. The van der Waals surface area contributed by atoms with Crippen LogP contribution >= 0.6 is 0 Å². The van der Waals surface area contributed by atoms with Crippen molar-refractivity contribution in [3.63, 3.8) is 0 Å². The van der Waals surface area contributed by atoms with E-state index in [0.29, 0.717) is 25.9 Å². The number of aryl methyl sites for hydroxylation is 1. The number of carbonyl (C=O) groups is 3. The van der Waals surface area contributed by atoms with E-state index in [9.17, 15) is 14.4 Å². The largest absolute Gasteiger partial charge is 0.340 e. The molecule has 31 heavy (non-hydrogen) atoms. The van der Waals surface area contributed by atoms with Crippen LogP contribution in [-0.4, -0.2) is 82.8 Å². The highest BCUT2D eigenvalue weighted by atomic mass is 16.2. The Morgan fingerprint density at radius 3 is 2.45 bits per heavy atom. The Hall–Kier alpha value is -2.41. The fraction of sp³-hybridized carbons (Fsp3) is 0.625. The molecule has 0 bridgehead atoms. The van der Waals surface area contributed by atoms with Gasteiger partial charge in [-0.1, -0.05) is 43.5 Å². The second-order valence-corrected chi connectivity index (χ2v) is 9.26. The summed E-state index contributed by atoms with van der Waals surface area (Å²) in [5.74, 6) is -0.301. The van der Waals surface area contributed by atoms with Crippen molar-refractivity contribution in [2.24, 2.45) is 0 Å². The first-order valence-electron chi connectivity index (χ1n) is 11.6. The summed E-state index contributed by atoms with van der Waals surface area (Å²) in [7, 11) is 1.71. The summed E-state index contributed by atoms with van der Waals surface area (Å²) in [5, 5.41) is 0. The molecule has 0 radical (unpaired) electrons. The maximum Gasteiger partial charge on any atom is 0.327 e. The molecule has 4 amide bonds. The third-order valence-electron chi connectivity index (χ3n) is 7.37. The minimum atomic E-state index is -0.723. The minimum Gasteiger partial charge on any atom is -0.340 e. The molecule has 1 aromatic rings. The summed E-state index contributed by atoms with van der Waals surface area (Å²) >= 11 is 0. The van der Waals surface area contributed by atoms with Crippen molar-refractivity contribution >= 4 is 17.8 Å². The lowest BCUT2D eigenvalue weighted by Crippen LogP contribution is -2.49. The van der Waals surface area contributed by atoms with Gasteiger partial charge in [0.15, 0.2) is 0 Å². The Labute approximate surface area is 185 Å². The average Bonchev–Trinajstić information content (AvgIpc) is 2.96. The molecule has 0 N–H and O–H groups in total. The van der Waals surface area contributed by atoms with Crippen LogP contribution in [0.3, 0.4) is 0 Å². The van der Waals surface area contributed by atoms with Crippen LogP contribution in [0.15, 0.2) is 24.3 Å². The van der Waals surface area contributed by atoms with Gasteiger partial charge >= 0.3 is 6.03 Å². The van der Waals surface area contributed by atoms with E-state index < -0.39 is 5.54 Å². The van der Waals surface area contributed by atoms with Crippen molar-refractivity contribution in [1.29, 1.82) is 0 Å². The first kappa shape index (κ1) is 21.8. The average molecular weight is 427 g/mol. The highest BCUT2D eigenvalue weighted by Crippen LogP contribution is 2.39. The molecule has 1 aromatic carbocycles. The van der Waals surface area contributed by atoms with Gasteiger partial charge in [0.1, 0.15) is 12.1 Å². The summed E-state index contributed by atoms with van der Waals surface area (Å²) < 4.78 is 0. The topological polar surface area (TPSA) is 64.2 Å². The zero-order valence-corrected chi connectivity index (χ0v) is 18.8. The summed E-state index contributed by atoms with van der Waals surface area (Å²) in [5.41, 5.74) is 1.88. The van der Waals surface area contributed by atoms with Gasteiger partial charge in [-0.2, -0.15) is 0 Å². The normalized spacial score (nSPS) is 22.3. The standard InChI is InChI=1S/C24H34N4O3/c1-19-9-4-5-10-20(19)17-26-13-8-14-27(16-15-26)21(29)18-28-22(30)24(25(2)23(28)31)11-6-3-7-12-24/h4-5,9-10H,3,6-8,11-18H2,1-2H3. The van der Waals surface area contributed by atoms with Crippen LogP contribution in [0.2, 0.25) is 0 Å².